The van der Waals surface area contributed by atoms with E-state index < -0.39 is 0 Å². The van der Waals surface area contributed by atoms with E-state index in [-0.39, 0.29) is 16.7 Å². The molecular formula is C20H28O2. The summed E-state index contributed by atoms with van der Waals surface area (Å²) in [6.45, 7) is 11.0. The standard InChI is InChI=1S/C20H28O2/c1-12(2)13-9-14-15(10-16(13)21)20(5)8-6-7-19(3,4)18(20)11-17(14)22/h9-12,18,21-22H,6-8H2,1-5H3. The molecular weight excluding hydrogens is 272 g/mol. The molecule has 0 bridgehead atoms. The van der Waals surface area contributed by atoms with Gasteiger partial charge in [-0.15, -0.1) is 0 Å². The van der Waals surface area contributed by atoms with Crippen LogP contribution in [0.3, 0.4) is 0 Å². The van der Waals surface area contributed by atoms with Crippen LogP contribution in [0.15, 0.2) is 18.2 Å². The van der Waals surface area contributed by atoms with Crippen LogP contribution < -0.4 is 0 Å². The number of allylic oxidation sites excluding steroid dienone is 1. The summed E-state index contributed by atoms with van der Waals surface area (Å²) in [6.07, 6.45) is 5.56. The van der Waals surface area contributed by atoms with Crippen LogP contribution in [0.1, 0.15) is 76.5 Å². The van der Waals surface area contributed by atoms with E-state index in [1.807, 2.05) is 12.1 Å². The molecule has 2 N–H and O–H groups in total. The van der Waals surface area contributed by atoms with Crippen molar-refractivity contribution < 1.29 is 10.2 Å². The second-order valence-electron chi connectivity index (χ2n) is 8.40. The summed E-state index contributed by atoms with van der Waals surface area (Å²) in [5.74, 6) is 1.30. The first kappa shape index (κ1) is 15.5. The second-order valence-corrected chi connectivity index (χ2v) is 8.40. The van der Waals surface area contributed by atoms with Crippen molar-refractivity contribution in [1.82, 2.24) is 0 Å². The molecule has 2 atom stereocenters. The molecule has 0 radical (unpaired) electrons. The summed E-state index contributed by atoms with van der Waals surface area (Å²) >= 11 is 0. The average Bonchev–Trinajstić information content (AvgIpc) is 2.41. The lowest BCUT2D eigenvalue weighted by Gasteiger charge is -2.52. The largest absolute Gasteiger partial charge is 0.508 e. The Bertz CT molecular complexity index is 639. The first-order chi connectivity index (χ1) is 10.2. The fourth-order valence-corrected chi connectivity index (χ4v) is 4.80. The van der Waals surface area contributed by atoms with Crippen molar-refractivity contribution in [2.45, 2.75) is 65.2 Å². The number of aliphatic hydroxyl groups is 1. The van der Waals surface area contributed by atoms with E-state index in [2.05, 4.69) is 40.7 Å². The number of aliphatic hydroxyl groups excluding tert-OH is 1. The molecule has 0 aliphatic heterocycles. The molecule has 1 fully saturated rings. The van der Waals surface area contributed by atoms with E-state index in [1.54, 1.807) is 0 Å². The maximum atomic E-state index is 10.6. The zero-order chi connectivity index (χ0) is 16.3. The number of hydrogen-bond acceptors (Lipinski definition) is 2. The Morgan fingerprint density at radius 2 is 1.77 bits per heavy atom. The van der Waals surface area contributed by atoms with Crippen LogP contribution in [0, 0.1) is 11.3 Å². The smallest absolute Gasteiger partial charge is 0.119 e. The lowest BCUT2D eigenvalue weighted by atomic mass is 9.52. The molecule has 3 rings (SSSR count). The molecule has 120 valence electrons. The van der Waals surface area contributed by atoms with Crippen molar-refractivity contribution in [2.24, 2.45) is 11.3 Å². The maximum Gasteiger partial charge on any atom is 0.119 e. The molecule has 22 heavy (non-hydrogen) atoms. The summed E-state index contributed by atoms with van der Waals surface area (Å²) in [6, 6.07) is 3.91. The molecule has 2 aliphatic carbocycles. The monoisotopic (exact) mass is 300 g/mol. The first-order valence-electron chi connectivity index (χ1n) is 8.45. The van der Waals surface area contributed by atoms with Gasteiger partial charge in [0.05, 0.1) is 0 Å². The number of rotatable bonds is 1. The van der Waals surface area contributed by atoms with Crippen LogP contribution in [0.2, 0.25) is 0 Å². The van der Waals surface area contributed by atoms with Crippen LogP contribution >= 0.6 is 0 Å². The molecule has 0 amide bonds. The van der Waals surface area contributed by atoms with E-state index in [9.17, 15) is 10.2 Å². The minimum atomic E-state index is -0.00367. The number of aromatic hydroxyl groups is 1. The Hall–Kier alpha value is -1.44. The first-order valence-corrected chi connectivity index (χ1v) is 8.45. The van der Waals surface area contributed by atoms with Crippen molar-refractivity contribution >= 4 is 5.76 Å². The van der Waals surface area contributed by atoms with Gasteiger partial charge >= 0.3 is 0 Å². The third-order valence-corrected chi connectivity index (χ3v) is 6.05. The molecule has 0 aromatic heterocycles. The average molecular weight is 300 g/mol. The van der Waals surface area contributed by atoms with Gasteiger partial charge in [-0.25, -0.2) is 0 Å². The van der Waals surface area contributed by atoms with Crippen molar-refractivity contribution in [3.63, 3.8) is 0 Å². The number of hydrogen-bond donors (Lipinski definition) is 2. The molecule has 2 unspecified atom stereocenters. The minimum absolute atomic E-state index is 0.00367. The van der Waals surface area contributed by atoms with E-state index in [0.717, 1.165) is 23.1 Å². The van der Waals surface area contributed by atoms with Gasteiger partial charge in [0, 0.05) is 11.0 Å². The predicted octanol–water partition coefficient (Wildman–Crippen LogP) is 5.51. The van der Waals surface area contributed by atoms with Gasteiger partial charge in [0.15, 0.2) is 0 Å². The molecule has 2 nitrogen and oxygen atoms in total. The van der Waals surface area contributed by atoms with Gasteiger partial charge in [-0.05, 0) is 59.4 Å². The van der Waals surface area contributed by atoms with Gasteiger partial charge in [-0.3, -0.25) is 0 Å². The van der Waals surface area contributed by atoms with E-state index in [4.69, 9.17) is 0 Å². The highest BCUT2D eigenvalue weighted by Crippen LogP contribution is 2.57. The number of fused-ring (bicyclic) bond motifs is 3. The summed E-state index contributed by atoms with van der Waals surface area (Å²) in [7, 11) is 0. The minimum Gasteiger partial charge on any atom is -0.508 e. The molecule has 1 saturated carbocycles. The number of benzene rings is 1. The van der Waals surface area contributed by atoms with Gasteiger partial charge < -0.3 is 10.2 Å². The zero-order valence-electron chi connectivity index (χ0n) is 14.4. The van der Waals surface area contributed by atoms with Crippen LogP contribution in [-0.4, -0.2) is 10.2 Å². The van der Waals surface area contributed by atoms with E-state index in [1.165, 1.54) is 12.8 Å². The topological polar surface area (TPSA) is 40.5 Å². The fraction of sp³-hybridized carbons (Fsp3) is 0.600. The fourth-order valence-electron chi connectivity index (χ4n) is 4.80. The van der Waals surface area contributed by atoms with E-state index >= 15 is 0 Å². The Balaban J connectivity index is 2.23. The van der Waals surface area contributed by atoms with Crippen LogP contribution in [0.4, 0.5) is 0 Å². The summed E-state index contributed by atoms with van der Waals surface area (Å²) in [5.41, 5.74) is 3.11. The van der Waals surface area contributed by atoms with Crippen molar-refractivity contribution in [1.29, 1.82) is 0 Å². The van der Waals surface area contributed by atoms with Crippen LogP contribution in [-0.2, 0) is 5.41 Å². The van der Waals surface area contributed by atoms with Crippen molar-refractivity contribution in [2.75, 3.05) is 0 Å². The van der Waals surface area contributed by atoms with Gasteiger partial charge in [-0.1, -0.05) is 41.0 Å². The summed E-state index contributed by atoms with van der Waals surface area (Å²) in [4.78, 5) is 0. The van der Waals surface area contributed by atoms with Crippen molar-refractivity contribution in [3.8, 4) is 5.75 Å². The number of phenolic OH excluding ortho intramolecular Hbond substituents is 1. The van der Waals surface area contributed by atoms with Gasteiger partial charge in [-0.2, -0.15) is 0 Å². The SMILES string of the molecule is CC(C)c1cc2c(cc1O)C1(C)CCCC(C)(C)C1C=C2O. The Labute approximate surface area is 133 Å². The van der Waals surface area contributed by atoms with Gasteiger partial charge in [0.2, 0.25) is 0 Å². The molecule has 0 heterocycles. The van der Waals surface area contributed by atoms with Crippen molar-refractivity contribution in [3.05, 3.63) is 34.9 Å². The lowest BCUT2D eigenvalue weighted by molar-refractivity contribution is 0.0882. The third kappa shape index (κ3) is 2.07. The summed E-state index contributed by atoms with van der Waals surface area (Å²) < 4.78 is 0. The van der Waals surface area contributed by atoms with Crippen LogP contribution in [0.5, 0.6) is 5.75 Å². The maximum absolute atomic E-state index is 10.6. The molecule has 0 spiro atoms. The molecule has 0 saturated heterocycles. The Kier molecular flexibility index (Phi) is 3.36. The molecule has 2 heteroatoms. The quantitative estimate of drug-likeness (QED) is 0.717. The molecule has 2 aliphatic rings. The predicted molar refractivity (Wildman–Crippen MR) is 91.3 cm³/mol. The Morgan fingerprint density at radius 1 is 1.09 bits per heavy atom. The van der Waals surface area contributed by atoms with E-state index in [0.29, 0.717) is 17.4 Å². The van der Waals surface area contributed by atoms with Crippen LogP contribution in [0.25, 0.3) is 5.76 Å². The third-order valence-electron chi connectivity index (χ3n) is 6.05. The second kappa shape index (κ2) is 4.78. The zero-order valence-corrected chi connectivity index (χ0v) is 14.4. The molecule has 1 aromatic rings. The normalized spacial score (nSPS) is 29.7. The summed E-state index contributed by atoms with van der Waals surface area (Å²) in [5, 5.41) is 21.1. The molecule has 1 aromatic carbocycles. The Morgan fingerprint density at radius 3 is 2.41 bits per heavy atom. The lowest BCUT2D eigenvalue weighted by Crippen LogP contribution is -2.46. The van der Waals surface area contributed by atoms with Gasteiger partial charge in [0.25, 0.3) is 0 Å². The van der Waals surface area contributed by atoms with Gasteiger partial charge in [0.1, 0.15) is 11.5 Å². The highest BCUT2D eigenvalue weighted by atomic mass is 16.3. The highest BCUT2D eigenvalue weighted by molar-refractivity contribution is 5.70. The number of phenols is 1. The highest BCUT2D eigenvalue weighted by Gasteiger charge is 2.49.